The average Bonchev–Trinajstić information content (AvgIpc) is 2.25. The van der Waals surface area contributed by atoms with Crippen LogP contribution in [0.25, 0.3) is 0 Å². The molecule has 4 nitrogen and oxygen atoms in total. The third-order valence-corrected chi connectivity index (χ3v) is 2.54. The fourth-order valence-electron chi connectivity index (χ4n) is 1.24. The van der Waals surface area contributed by atoms with E-state index in [0.717, 1.165) is 0 Å². The van der Waals surface area contributed by atoms with Crippen LogP contribution in [0.4, 0.5) is 15.8 Å². The fourth-order valence-corrected chi connectivity index (χ4v) is 1.42. The Balaban J connectivity index is 2.58. The highest BCUT2D eigenvalue weighted by Crippen LogP contribution is 2.25. The van der Waals surface area contributed by atoms with Gasteiger partial charge in [0.25, 0.3) is 0 Å². The number of hydrogen-bond acceptors (Lipinski definition) is 3. The second-order valence-corrected chi connectivity index (χ2v) is 4.23. The zero-order valence-corrected chi connectivity index (χ0v) is 10.5. The Labute approximate surface area is 105 Å². The van der Waals surface area contributed by atoms with Crippen molar-refractivity contribution >= 4 is 28.9 Å². The minimum Gasteiger partial charge on any atom is -0.397 e. The number of halogens is 2. The summed E-state index contributed by atoms with van der Waals surface area (Å²) < 4.78 is 13.2. The molecule has 0 unspecified atom stereocenters. The largest absolute Gasteiger partial charge is 0.397 e. The maximum absolute atomic E-state index is 13.2. The number of anilines is 2. The first-order valence-electron chi connectivity index (χ1n) is 5.10. The van der Waals surface area contributed by atoms with Crippen LogP contribution in [0.15, 0.2) is 12.1 Å². The first-order chi connectivity index (χ1) is 7.91. The SMILES string of the molecule is CN(C)C(=O)CCNc1cc(F)c(Cl)cc1N. The smallest absolute Gasteiger partial charge is 0.223 e. The molecule has 0 aliphatic carbocycles. The number of nitrogens with two attached hydrogens (primary N) is 1. The molecule has 0 fully saturated rings. The first-order valence-corrected chi connectivity index (χ1v) is 5.48. The number of rotatable bonds is 4. The van der Waals surface area contributed by atoms with E-state index in [9.17, 15) is 9.18 Å². The normalized spacial score (nSPS) is 10.1. The van der Waals surface area contributed by atoms with E-state index in [1.54, 1.807) is 14.1 Å². The molecule has 6 heteroatoms. The van der Waals surface area contributed by atoms with Crippen LogP contribution in [0.2, 0.25) is 5.02 Å². The molecule has 94 valence electrons. The van der Waals surface area contributed by atoms with Gasteiger partial charge in [-0.2, -0.15) is 0 Å². The van der Waals surface area contributed by atoms with E-state index in [1.165, 1.54) is 17.0 Å². The molecule has 0 radical (unpaired) electrons. The van der Waals surface area contributed by atoms with Gasteiger partial charge in [-0.1, -0.05) is 11.6 Å². The summed E-state index contributed by atoms with van der Waals surface area (Å²) in [6.07, 6.45) is 0.316. The maximum Gasteiger partial charge on any atom is 0.223 e. The van der Waals surface area contributed by atoms with Crippen molar-refractivity contribution < 1.29 is 9.18 Å². The van der Waals surface area contributed by atoms with Crippen LogP contribution in [0.5, 0.6) is 0 Å². The van der Waals surface area contributed by atoms with Crippen LogP contribution in [0.1, 0.15) is 6.42 Å². The number of carbonyl (C=O) groups is 1. The second-order valence-electron chi connectivity index (χ2n) is 3.82. The van der Waals surface area contributed by atoms with Crippen LogP contribution < -0.4 is 11.1 Å². The molecule has 0 aliphatic heterocycles. The van der Waals surface area contributed by atoms with Crippen LogP contribution in [0, 0.1) is 5.82 Å². The molecule has 3 N–H and O–H groups in total. The lowest BCUT2D eigenvalue weighted by Gasteiger charge is -2.12. The maximum atomic E-state index is 13.2. The van der Waals surface area contributed by atoms with Crippen molar-refractivity contribution in [3.8, 4) is 0 Å². The third kappa shape index (κ3) is 3.78. The fraction of sp³-hybridized carbons (Fsp3) is 0.364. The van der Waals surface area contributed by atoms with Crippen molar-refractivity contribution in [2.45, 2.75) is 6.42 Å². The Kier molecular flexibility index (Phi) is 4.57. The predicted octanol–water partition coefficient (Wildman–Crippen LogP) is 1.95. The Bertz CT molecular complexity index is 423. The highest BCUT2D eigenvalue weighted by Gasteiger charge is 2.07. The van der Waals surface area contributed by atoms with Crippen molar-refractivity contribution in [3.63, 3.8) is 0 Å². The molecule has 0 spiro atoms. The summed E-state index contributed by atoms with van der Waals surface area (Å²) in [5.41, 5.74) is 6.46. The number of benzene rings is 1. The Morgan fingerprint density at radius 1 is 1.53 bits per heavy atom. The molecule has 1 amide bonds. The standard InChI is InChI=1S/C11H15ClFN3O/c1-16(2)11(17)3-4-15-10-6-8(13)7(12)5-9(10)14/h5-6,15H,3-4,14H2,1-2H3. The van der Waals surface area contributed by atoms with Gasteiger partial charge in [-0.3, -0.25) is 4.79 Å². The van der Waals surface area contributed by atoms with Gasteiger partial charge in [0.05, 0.1) is 16.4 Å². The molecule has 17 heavy (non-hydrogen) atoms. The third-order valence-electron chi connectivity index (χ3n) is 2.25. The van der Waals surface area contributed by atoms with E-state index in [-0.39, 0.29) is 10.9 Å². The van der Waals surface area contributed by atoms with Crippen LogP contribution in [0.3, 0.4) is 0 Å². The van der Waals surface area contributed by atoms with Crippen molar-refractivity contribution in [2.75, 3.05) is 31.7 Å². The topological polar surface area (TPSA) is 58.4 Å². The molecule has 0 heterocycles. The number of nitrogens with one attached hydrogen (secondary N) is 1. The summed E-state index contributed by atoms with van der Waals surface area (Å²) >= 11 is 5.57. The lowest BCUT2D eigenvalue weighted by atomic mass is 10.2. The molecule has 1 aromatic carbocycles. The van der Waals surface area contributed by atoms with Crippen molar-refractivity contribution in [1.82, 2.24) is 4.90 Å². The van der Waals surface area contributed by atoms with Gasteiger partial charge in [0.2, 0.25) is 5.91 Å². The summed E-state index contributed by atoms with van der Waals surface area (Å²) in [4.78, 5) is 12.8. The summed E-state index contributed by atoms with van der Waals surface area (Å²) in [5, 5.41) is 2.88. The van der Waals surface area contributed by atoms with Gasteiger partial charge < -0.3 is 16.0 Å². The average molecular weight is 260 g/mol. The van der Waals surface area contributed by atoms with Gasteiger partial charge in [-0.25, -0.2) is 4.39 Å². The highest BCUT2D eigenvalue weighted by atomic mass is 35.5. The van der Waals surface area contributed by atoms with Crippen LogP contribution >= 0.6 is 11.6 Å². The van der Waals surface area contributed by atoms with E-state index in [2.05, 4.69) is 5.32 Å². The number of hydrogen-bond donors (Lipinski definition) is 2. The zero-order chi connectivity index (χ0) is 13.0. The summed E-state index contributed by atoms with van der Waals surface area (Å²) in [5.74, 6) is -0.548. The molecular formula is C11H15ClFN3O. The minimum atomic E-state index is -0.540. The Morgan fingerprint density at radius 2 is 2.18 bits per heavy atom. The van der Waals surface area contributed by atoms with Gasteiger partial charge in [-0.05, 0) is 6.07 Å². The van der Waals surface area contributed by atoms with E-state index in [4.69, 9.17) is 17.3 Å². The Morgan fingerprint density at radius 3 is 2.76 bits per heavy atom. The number of carbonyl (C=O) groups excluding carboxylic acids is 1. The number of nitrogens with zero attached hydrogens (tertiary/aromatic N) is 1. The monoisotopic (exact) mass is 259 g/mol. The molecule has 0 atom stereocenters. The molecule has 1 aromatic rings. The van der Waals surface area contributed by atoms with E-state index in [0.29, 0.717) is 24.3 Å². The summed E-state index contributed by atoms with van der Waals surface area (Å²) in [7, 11) is 3.36. The van der Waals surface area contributed by atoms with Crippen LogP contribution in [-0.2, 0) is 4.79 Å². The zero-order valence-electron chi connectivity index (χ0n) is 9.76. The molecular weight excluding hydrogens is 245 g/mol. The van der Waals surface area contributed by atoms with Crippen molar-refractivity contribution in [1.29, 1.82) is 0 Å². The van der Waals surface area contributed by atoms with E-state index >= 15 is 0 Å². The molecule has 1 rings (SSSR count). The van der Waals surface area contributed by atoms with Crippen molar-refractivity contribution in [3.05, 3.63) is 23.0 Å². The van der Waals surface area contributed by atoms with Gasteiger partial charge in [0.1, 0.15) is 5.82 Å². The molecule has 0 aliphatic rings. The number of amides is 1. The summed E-state index contributed by atoms with van der Waals surface area (Å²) in [6, 6.07) is 2.56. The predicted molar refractivity (Wildman–Crippen MR) is 67.6 cm³/mol. The molecule has 0 bridgehead atoms. The van der Waals surface area contributed by atoms with Gasteiger partial charge in [-0.15, -0.1) is 0 Å². The highest BCUT2D eigenvalue weighted by molar-refractivity contribution is 6.31. The Hall–Kier alpha value is -1.49. The molecule has 0 saturated heterocycles. The van der Waals surface area contributed by atoms with Gasteiger partial charge in [0, 0.05) is 33.1 Å². The quantitative estimate of drug-likeness (QED) is 0.813. The van der Waals surface area contributed by atoms with E-state index in [1.807, 2.05) is 0 Å². The van der Waals surface area contributed by atoms with Gasteiger partial charge in [0.15, 0.2) is 0 Å². The summed E-state index contributed by atoms with van der Waals surface area (Å²) in [6.45, 7) is 0.391. The molecule has 0 saturated carbocycles. The first kappa shape index (κ1) is 13.6. The van der Waals surface area contributed by atoms with Crippen LogP contribution in [-0.4, -0.2) is 31.4 Å². The lowest BCUT2D eigenvalue weighted by molar-refractivity contribution is -0.128. The molecule has 0 aromatic heterocycles. The van der Waals surface area contributed by atoms with E-state index < -0.39 is 5.82 Å². The lowest BCUT2D eigenvalue weighted by Crippen LogP contribution is -2.24. The number of nitrogen functional groups attached to an aromatic ring is 1. The second kappa shape index (κ2) is 5.72. The minimum absolute atomic E-state index is 0.00879. The van der Waals surface area contributed by atoms with Crippen molar-refractivity contribution in [2.24, 2.45) is 0 Å². The van der Waals surface area contributed by atoms with Gasteiger partial charge >= 0.3 is 0 Å².